The number of nitrogens with zero attached hydrogens (tertiary/aromatic N) is 2. The number of halogens is 3. The van der Waals surface area contributed by atoms with Crippen LogP contribution in [-0.2, 0) is 13.2 Å². The van der Waals surface area contributed by atoms with Crippen molar-refractivity contribution in [2.45, 2.75) is 13.2 Å². The Hall–Kier alpha value is -2.51. The minimum Gasteiger partial charge on any atom is -0.489 e. The first kappa shape index (κ1) is 21.7. The van der Waals surface area contributed by atoms with Crippen molar-refractivity contribution < 1.29 is 9.53 Å². The Kier molecular flexibility index (Phi) is 6.83. The molecule has 2 aromatic carbocycles. The van der Waals surface area contributed by atoms with E-state index in [1.54, 1.807) is 29.1 Å². The van der Waals surface area contributed by atoms with Crippen molar-refractivity contribution in [1.29, 1.82) is 0 Å². The van der Waals surface area contributed by atoms with Gasteiger partial charge < -0.3 is 10.1 Å². The second kappa shape index (κ2) is 9.75. The van der Waals surface area contributed by atoms with E-state index in [9.17, 15) is 4.79 Å². The normalized spacial score (nSPS) is 10.8. The lowest BCUT2D eigenvalue weighted by Gasteiger charge is -2.05. The fourth-order valence-corrected chi connectivity index (χ4v) is 4.27. The summed E-state index contributed by atoms with van der Waals surface area (Å²) in [6, 6.07) is 16.6. The molecule has 0 aliphatic rings. The highest BCUT2D eigenvalue weighted by Crippen LogP contribution is 2.25. The predicted octanol–water partition coefficient (Wildman–Crippen LogP) is 6.78. The Morgan fingerprint density at radius 2 is 1.87 bits per heavy atom. The van der Waals surface area contributed by atoms with Crippen molar-refractivity contribution >= 4 is 57.9 Å². The molecular formula is C22H16Cl3N3O2S. The summed E-state index contributed by atoms with van der Waals surface area (Å²) in [6.45, 7) is 0.774. The summed E-state index contributed by atoms with van der Waals surface area (Å²) < 4.78 is 7.33. The molecule has 0 aliphatic heterocycles. The highest BCUT2D eigenvalue weighted by atomic mass is 35.5. The molecule has 4 rings (SSSR count). The van der Waals surface area contributed by atoms with Crippen LogP contribution in [0.2, 0.25) is 15.1 Å². The van der Waals surface area contributed by atoms with Gasteiger partial charge >= 0.3 is 0 Å². The number of nitrogens with one attached hydrogen (secondary N) is 1. The van der Waals surface area contributed by atoms with Crippen LogP contribution in [0.1, 0.15) is 20.8 Å². The van der Waals surface area contributed by atoms with Gasteiger partial charge in [0.2, 0.25) is 0 Å². The van der Waals surface area contributed by atoms with Gasteiger partial charge in [-0.1, -0.05) is 59.1 Å². The van der Waals surface area contributed by atoms with E-state index in [1.807, 2.05) is 41.8 Å². The topological polar surface area (TPSA) is 56.2 Å². The molecule has 158 valence electrons. The molecule has 0 radical (unpaired) electrons. The van der Waals surface area contributed by atoms with Crippen molar-refractivity contribution in [3.8, 4) is 5.75 Å². The summed E-state index contributed by atoms with van der Waals surface area (Å²) in [6.07, 6.45) is 1.63. The molecule has 4 aromatic rings. The first-order valence-electron chi connectivity index (χ1n) is 9.21. The first-order chi connectivity index (χ1) is 15.0. The molecule has 2 aromatic heterocycles. The van der Waals surface area contributed by atoms with E-state index in [1.165, 1.54) is 11.3 Å². The molecule has 1 amide bonds. The number of hydrogen-bond donors (Lipinski definition) is 1. The largest absolute Gasteiger partial charge is 0.489 e. The average molecular weight is 493 g/mol. The lowest BCUT2D eigenvalue weighted by atomic mass is 10.2. The number of amides is 1. The molecule has 0 bridgehead atoms. The second-order valence-corrected chi connectivity index (χ2v) is 8.80. The number of benzene rings is 2. The molecule has 0 atom stereocenters. The number of aromatic nitrogens is 2. The quantitative estimate of drug-likeness (QED) is 0.309. The van der Waals surface area contributed by atoms with E-state index < -0.39 is 0 Å². The molecule has 2 heterocycles. The van der Waals surface area contributed by atoms with E-state index in [0.29, 0.717) is 33.1 Å². The summed E-state index contributed by atoms with van der Waals surface area (Å²) in [7, 11) is 0. The van der Waals surface area contributed by atoms with Gasteiger partial charge in [0.15, 0.2) is 5.82 Å². The standard InChI is InChI=1S/C22H16Cl3N3O2S/c23-16-7-6-15(18(24)9-16)10-28-11-19(25)21(27-28)26-22(29)20-8-14(13-31-20)12-30-17-4-2-1-3-5-17/h1-9,11,13H,10,12H2,(H,26,27,29). The van der Waals surface area contributed by atoms with Crippen molar-refractivity contribution in [3.05, 3.63) is 97.2 Å². The third kappa shape index (κ3) is 5.60. The van der Waals surface area contributed by atoms with Crippen LogP contribution in [0.25, 0.3) is 0 Å². The maximum absolute atomic E-state index is 12.6. The van der Waals surface area contributed by atoms with Crippen molar-refractivity contribution in [2.75, 3.05) is 5.32 Å². The van der Waals surface area contributed by atoms with Gasteiger partial charge in [0, 0.05) is 21.8 Å². The minimum absolute atomic E-state index is 0.284. The Morgan fingerprint density at radius 3 is 2.65 bits per heavy atom. The zero-order valence-electron chi connectivity index (χ0n) is 16.0. The monoisotopic (exact) mass is 491 g/mol. The highest BCUT2D eigenvalue weighted by molar-refractivity contribution is 7.12. The highest BCUT2D eigenvalue weighted by Gasteiger charge is 2.15. The Balaban J connectivity index is 1.39. The van der Waals surface area contributed by atoms with E-state index in [2.05, 4.69) is 10.4 Å². The molecule has 0 saturated heterocycles. The van der Waals surface area contributed by atoms with Crippen LogP contribution in [0.4, 0.5) is 5.82 Å². The number of ether oxygens (including phenoxy) is 1. The number of anilines is 1. The summed E-state index contributed by atoms with van der Waals surface area (Å²) in [5.41, 5.74) is 1.75. The molecule has 0 unspecified atom stereocenters. The number of rotatable bonds is 7. The zero-order valence-corrected chi connectivity index (χ0v) is 19.1. The Labute approximate surface area is 198 Å². The second-order valence-electron chi connectivity index (χ2n) is 6.63. The third-order valence-corrected chi connectivity index (χ3v) is 6.16. The maximum Gasteiger partial charge on any atom is 0.266 e. The number of thiophene rings is 1. The molecule has 0 spiro atoms. The fourth-order valence-electron chi connectivity index (χ4n) is 2.81. The van der Waals surface area contributed by atoms with E-state index in [-0.39, 0.29) is 11.7 Å². The smallest absolute Gasteiger partial charge is 0.266 e. The van der Waals surface area contributed by atoms with Gasteiger partial charge in [0.05, 0.1) is 11.4 Å². The number of carbonyl (C=O) groups excluding carboxylic acids is 1. The zero-order chi connectivity index (χ0) is 21.8. The predicted molar refractivity (Wildman–Crippen MR) is 126 cm³/mol. The Bertz CT molecular complexity index is 1210. The summed E-state index contributed by atoms with van der Waals surface area (Å²) >= 11 is 19.7. The minimum atomic E-state index is -0.285. The van der Waals surface area contributed by atoms with E-state index in [4.69, 9.17) is 39.5 Å². The van der Waals surface area contributed by atoms with Crippen LogP contribution in [0.3, 0.4) is 0 Å². The van der Waals surface area contributed by atoms with Crippen LogP contribution in [0, 0.1) is 0 Å². The molecular weight excluding hydrogens is 477 g/mol. The van der Waals surface area contributed by atoms with E-state index in [0.717, 1.165) is 16.9 Å². The van der Waals surface area contributed by atoms with Crippen LogP contribution >= 0.6 is 46.1 Å². The van der Waals surface area contributed by atoms with Gasteiger partial charge in [-0.3, -0.25) is 9.48 Å². The van der Waals surface area contributed by atoms with Gasteiger partial charge in [0.25, 0.3) is 5.91 Å². The third-order valence-electron chi connectivity index (χ3n) is 4.32. The molecule has 9 heteroatoms. The van der Waals surface area contributed by atoms with Gasteiger partial charge in [-0.15, -0.1) is 11.3 Å². The summed E-state index contributed by atoms with van der Waals surface area (Å²) in [5, 5.41) is 10.4. The SMILES string of the molecule is O=C(Nc1nn(Cc2ccc(Cl)cc2Cl)cc1Cl)c1cc(COc2ccccc2)cs1. The summed E-state index contributed by atoms with van der Waals surface area (Å²) in [5.74, 6) is 0.776. The van der Waals surface area contributed by atoms with Crippen LogP contribution in [0.5, 0.6) is 5.75 Å². The van der Waals surface area contributed by atoms with Crippen molar-refractivity contribution in [3.63, 3.8) is 0 Å². The maximum atomic E-state index is 12.6. The van der Waals surface area contributed by atoms with Gasteiger partial charge in [-0.2, -0.15) is 5.10 Å². The molecule has 5 nitrogen and oxygen atoms in total. The first-order valence-corrected chi connectivity index (χ1v) is 11.2. The van der Waals surface area contributed by atoms with Crippen LogP contribution < -0.4 is 10.1 Å². The molecule has 0 fully saturated rings. The molecule has 0 aliphatic carbocycles. The van der Waals surface area contributed by atoms with Crippen LogP contribution in [-0.4, -0.2) is 15.7 Å². The van der Waals surface area contributed by atoms with Gasteiger partial charge in [0.1, 0.15) is 17.4 Å². The molecule has 31 heavy (non-hydrogen) atoms. The number of hydrogen-bond acceptors (Lipinski definition) is 4. The van der Waals surface area contributed by atoms with Gasteiger partial charge in [-0.05, 0) is 41.3 Å². The lowest BCUT2D eigenvalue weighted by molar-refractivity contribution is 0.103. The molecule has 0 saturated carbocycles. The lowest BCUT2D eigenvalue weighted by Crippen LogP contribution is -2.11. The molecule has 1 N–H and O–H groups in total. The average Bonchev–Trinajstić information content (AvgIpc) is 3.36. The summed E-state index contributed by atoms with van der Waals surface area (Å²) in [4.78, 5) is 13.2. The van der Waals surface area contributed by atoms with Gasteiger partial charge in [-0.25, -0.2) is 0 Å². The van der Waals surface area contributed by atoms with Crippen molar-refractivity contribution in [2.24, 2.45) is 0 Å². The number of para-hydroxylation sites is 1. The van der Waals surface area contributed by atoms with E-state index >= 15 is 0 Å². The van der Waals surface area contributed by atoms with Crippen molar-refractivity contribution in [1.82, 2.24) is 9.78 Å². The fraction of sp³-hybridized carbons (Fsp3) is 0.0909. The Morgan fingerprint density at radius 1 is 1.06 bits per heavy atom. The van der Waals surface area contributed by atoms with Crippen LogP contribution in [0.15, 0.2) is 66.2 Å². The number of carbonyl (C=O) groups is 1.